The SMILES string of the molecule is COc1cc(C(=O)NC2CCCCC2)ccc1F. The van der Waals surface area contributed by atoms with Crippen molar-refractivity contribution < 1.29 is 13.9 Å². The largest absolute Gasteiger partial charge is 0.494 e. The summed E-state index contributed by atoms with van der Waals surface area (Å²) in [6.45, 7) is 0. The van der Waals surface area contributed by atoms with E-state index in [1.54, 1.807) is 0 Å². The van der Waals surface area contributed by atoms with Gasteiger partial charge in [-0.05, 0) is 31.0 Å². The first kappa shape index (κ1) is 12.9. The Bertz CT molecular complexity index is 428. The number of carbonyl (C=O) groups excluding carboxylic acids is 1. The number of halogens is 1. The quantitative estimate of drug-likeness (QED) is 0.897. The standard InChI is InChI=1S/C14H18FNO2/c1-18-13-9-10(7-8-12(13)15)14(17)16-11-5-3-2-4-6-11/h7-9,11H,2-6H2,1H3,(H,16,17). The highest BCUT2D eigenvalue weighted by atomic mass is 19.1. The molecule has 0 radical (unpaired) electrons. The Morgan fingerprint density at radius 2 is 2.06 bits per heavy atom. The Morgan fingerprint density at radius 3 is 2.72 bits per heavy atom. The van der Waals surface area contributed by atoms with Crippen LogP contribution in [0.25, 0.3) is 0 Å². The number of ether oxygens (including phenoxy) is 1. The van der Waals surface area contributed by atoms with Crippen molar-refractivity contribution in [3.8, 4) is 5.75 Å². The number of nitrogens with one attached hydrogen (secondary N) is 1. The van der Waals surface area contributed by atoms with Crippen LogP contribution >= 0.6 is 0 Å². The van der Waals surface area contributed by atoms with Crippen molar-refractivity contribution in [2.75, 3.05) is 7.11 Å². The van der Waals surface area contributed by atoms with Crippen molar-refractivity contribution in [3.05, 3.63) is 29.6 Å². The second kappa shape index (κ2) is 5.85. The first-order valence-electron chi connectivity index (χ1n) is 6.35. The van der Waals surface area contributed by atoms with E-state index < -0.39 is 5.82 Å². The van der Waals surface area contributed by atoms with Gasteiger partial charge in [-0.1, -0.05) is 19.3 Å². The summed E-state index contributed by atoms with van der Waals surface area (Å²) in [5.74, 6) is -0.502. The maximum Gasteiger partial charge on any atom is 0.251 e. The van der Waals surface area contributed by atoms with Gasteiger partial charge in [0.05, 0.1) is 7.11 Å². The average molecular weight is 251 g/mol. The molecule has 4 heteroatoms. The van der Waals surface area contributed by atoms with Gasteiger partial charge in [-0.25, -0.2) is 4.39 Å². The summed E-state index contributed by atoms with van der Waals surface area (Å²) in [5, 5.41) is 2.99. The van der Waals surface area contributed by atoms with Crippen LogP contribution in [0.1, 0.15) is 42.5 Å². The molecule has 0 aromatic heterocycles. The van der Waals surface area contributed by atoms with Crippen LogP contribution in [-0.4, -0.2) is 19.1 Å². The van der Waals surface area contributed by atoms with Crippen LogP contribution in [0.2, 0.25) is 0 Å². The Hall–Kier alpha value is -1.58. The van der Waals surface area contributed by atoms with E-state index in [2.05, 4.69) is 5.32 Å². The number of carbonyl (C=O) groups is 1. The van der Waals surface area contributed by atoms with Gasteiger partial charge in [-0.15, -0.1) is 0 Å². The Morgan fingerprint density at radius 1 is 1.33 bits per heavy atom. The number of hydrogen-bond donors (Lipinski definition) is 1. The van der Waals surface area contributed by atoms with Gasteiger partial charge < -0.3 is 10.1 Å². The molecule has 0 unspecified atom stereocenters. The molecule has 1 fully saturated rings. The summed E-state index contributed by atoms with van der Waals surface area (Å²) in [4.78, 5) is 12.0. The molecule has 0 saturated heterocycles. The molecule has 1 aliphatic carbocycles. The van der Waals surface area contributed by atoms with E-state index in [0.29, 0.717) is 5.56 Å². The Kier molecular flexibility index (Phi) is 4.18. The van der Waals surface area contributed by atoms with E-state index in [9.17, 15) is 9.18 Å². The molecule has 1 amide bonds. The summed E-state index contributed by atoms with van der Waals surface area (Å²) >= 11 is 0. The van der Waals surface area contributed by atoms with E-state index in [-0.39, 0.29) is 17.7 Å². The van der Waals surface area contributed by atoms with Crippen LogP contribution in [-0.2, 0) is 0 Å². The first-order valence-corrected chi connectivity index (χ1v) is 6.35. The summed E-state index contributed by atoms with van der Waals surface area (Å²) in [5.41, 5.74) is 0.443. The Labute approximate surface area is 106 Å². The van der Waals surface area contributed by atoms with Crippen molar-refractivity contribution in [1.82, 2.24) is 5.32 Å². The predicted octanol–water partition coefficient (Wildman–Crippen LogP) is 2.90. The number of rotatable bonds is 3. The number of methoxy groups -OCH3 is 1. The topological polar surface area (TPSA) is 38.3 Å². The van der Waals surface area contributed by atoms with Gasteiger partial charge in [-0.2, -0.15) is 0 Å². The van der Waals surface area contributed by atoms with Crippen LogP contribution in [0.15, 0.2) is 18.2 Å². The zero-order valence-electron chi connectivity index (χ0n) is 10.5. The fourth-order valence-electron chi connectivity index (χ4n) is 2.32. The van der Waals surface area contributed by atoms with Crippen molar-refractivity contribution >= 4 is 5.91 Å². The van der Waals surface area contributed by atoms with Gasteiger partial charge in [0.2, 0.25) is 0 Å². The third-order valence-corrected chi connectivity index (χ3v) is 3.35. The van der Waals surface area contributed by atoms with Gasteiger partial charge in [0.15, 0.2) is 11.6 Å². The number of hydrogen-bond acceptors (Lipinski definition) is 2. The first-order chi connectivity index (χ1) is 8.70. The number of benzene rings is 1. The molecule has 1 saturated carbocycles. The maximum absolute atomic E-state index is 13.2. The molecule has 1 N–H and O–H groups in total. The van der Waals surface area contributed by atoms with Gasteiger partial charge in [0.1, 0.15) is 0 Å². The van der Waals surface area contributed by atoms with Crippen molar-refractivity contribution in [2.45, 2.75) is 38.1 Å². The van der Waals surface area contributed by atoms with Gasteiger partial charge in [0.25, 0.3) is 5.91 Å². The molecule has 0 atom stereocenters. The summed E-state index contributed by atoms with van der Waals surface area (Å²) < 4.78 is 18.1. The zero-order valence-corrected chi connectivity index (χ0v) is 10.5. The second-order valence-corrected chi connectivity index (χ2v) is 4.66. The third kappa shape index (κ3) is 3.00. The average Bonchev–Trinajstić information content (AvgIpc) is 2.40. The summed E-state index contributed by atoms with van der Waals surface area (Å²) in [7, 11) is 1.39. The molecule has 0 aliphatic heterocycles. The van der Waals surface area contributed by atoms with E-state index in [4.69, 9.17) is 4.74 Å². The molecule has 98 valence electrons. The lowest BCUT2D eigenvalue weighted by Crippen LogP contribution is -2.36. The van der Waals surface area contributed by atoms with Gasteiger partial charge in [-0.3, -0.25) is 4.79 Å². The molecule has 1 aromatic rings. The van der Waals surface area contributed by atoms with Crippen molar-refractivity contribution in [2.24, 2.45) is 0 Å². The lowest BCUT2D eigenvalue weighted by molar-refractivity contribution is 0.0927. The molecule has 0 bridgehead atoms. The summed E-state index contributed by atoms with van der Waals surface area (Å²) in [6, 6.07) is 4.43. The third-order valence-electron chi connectivity index (χ3n) is 3.35. The molecule has 1 aromatic carbocycles. The minimum absolute atomic E-state index is 0.103. The van der Waals surface area contributed by atoms with E-state index in [1.165, 1.54) is 31.7 Å². The molecular weight excluding hydrogens is 233 g/mol. The van der Waals surface area contributed by atoms with E-state index >= 15 is 0 Å². The molecule has 3 nitrogen and oxygen atoms in total. The van der Waals surface area contributed by atoms with Crippen LogP contribution in [0.5, 0.6) is 5.75 Å². The number of amides is 1. The highest BCUT2D eigenvalue weighted by Gasteiger charge is 2.17. The van der Waals surface area contributed by atoms with Crippen LogP contribution < -0.4 is 10.1 Å². The van der Waals surface area contributed by atoms with Crippen molar-refractivity contribution in [3.63, 3.8) is 0 Å². The normalized spacial score (nSPS) is 16.3. The molecule has 0 spiro atoms. The maximum atomic E-state index is 13.2. The van der Waals surface area contributed by atoms with Crippen LogP contribution in [0.3, 0.4) is 0 Å². The Balaban J connectivity index is 2.03. The lowest BCUT2D eigenvalue weighted by atomic mass is 9.95. The predicted molar refractivity (Wildman–Crippen MR) is 67.3 cm³/mol. The highest BCUT2D eigenvalue weighted by Crippen LogP contribution is 2.20. The monoisotopic (exact) mass is 251 g/mol. The smallest absolute Gasteiger partial charge is 0.251 e. The molecular formula is C14H18FNO2. The zero-order chi connectivity index (χ0) is 13.0. The van der Waals surface area contributed by atoms with Crippen molar-refractivity contribution in [1.29, 1.82) is 0 Å². The minimum Gasteiger partial charge on any atom is -0.494 e. The summed E-state index contributed by atoms with van der Waals surface area (Å²) in [6.07, 6.45) is 5.64. The van der Waals surface area contributed by atoms with Gasteiger partial charge >= 0.3 is 0 Å². The lowest BCUT2D eigenvalue weighted by Gasteiger charge is -2.22. The van der Waals surface area contributed by atoms with Gasteiger partial charge in [0, 0.05) is 11.6 Å². The molecule has 1 aliphatic rings. The van der Waals surface area contributed by atoms with Crippen LogP contribution in [0.4, 0.5) is 4.39 Å². The molecule has 18 heavy (non-hydrogen) atoms. The minimum atomic E-state index is -0.452. The van der Waals surface area contributed by atoms with E-state index in [0.717, 1.165) is 25.7 Å². The second-order valence-electron chi connectivity index (χ2n) is 4.66. The highest BCUT2D eigenvalue weighted by molar-refractivity contribution is 5.94. The van der Waals surface area contributed by atoms with E-state index in [1.807, 2.05) is 0 Å². The molecule has 2 rings (SSSR count). The fraction of sp³-hybridized carbons (Fsp3) is 0.500. The van der Waals surface area contributed by atoms with Crippen LogP contribution in [0, 0.1) is 5.82 Å². The molecule has 0 heterocycles. The fourth-order valence-corrected chi connectivity index (χ4v) is 2.32.